The average Bonchev–Trinajstić information content (AvgIpc) is 2.75. The SMILES string of the molecule is CC1CCCC(NC(=O)CN(C)C2CCS(=O)(=O)C2)C1C. The Balaban J connectivity index is 1.81. The van der Waals surface area contributed by atoms with E-state index >= 15 is 0 Å². The Morgan fingerprint density at radius 2 is 1.95 bits per heavy atom. The fourth-order valence-electron chi connectivity index (χ4n) is 3.52. The second-order valence-corrected chi connectivity index (χ2v) is 9.14. The third-order valence-electron chi connectivity index (χ3n) is 5.28. The van der Waals surface area contributed by atoms with Crippen LogP contribution in [0.4, 0.5) is 0 Å². The summed E-state index contributed by atoms with van der Waals surface area (Å²) in [5, 5.41) is 3.14. The molecule has 1 saturated heterocycles. The molecule has 2 fully saturated rings. The maximum absolute atomic E-state index is 12.2. The Kier molecular flexibility index (Phi) is 5.30. The number of sulfone groups is 1. The predicted molar refractivity (Wildman–Crippen MR) is 83.8 cm³/mol. The van der Waals surface area contributed by atoms with Crippen LogP contribution in [0.15, 0.2) is 0 Å². The van der Waals surface area contributed by atoms with E-state index in [1.807, 2.05) is 11.9 Å². The highest BCUT2D eigenvalue weighted by Gasteiger charge is 2.32. The molecule has 1 amide bonds. The van der Waals surface area contributed by atoms with Gasteiger partial charge in [-0.25, -0.2) is 8.42 Å². The molecule has 2 aliphatic rings. The molecule has 1 saturated carbocycles. The first-order chi connectivity index (χ1) is 9.78. The van der Waals surface area contributed by atoms with Gasteiger partial charge in [0, 0.05) is 12.1 Å². The van der Waals surface area contributed by atoms with Gasteiger partial charge in [-0.1, -0.05) is 26.7 Å². The minimum absolute atomic E-state index is 0.0107. The highest BCUT2D eigenvalue weighted by Crippen LogP contribution is 2.29. The number of rotatable bonds is 4. The number of carbonyl (C=O) groups excluding carboxylic acids is 1. The largest absolute Gasteiger partial charge is 0.352 e. The lowest BCUT2D eigenvalue weighted by molar-refractivity contribution is -0.123. The third-order valence-corrected chi connectivity index (χ3v) is 7.03. The molecule has 1 aliphatic heterocycles. The van der Waals surface area contributed by atoms with Gasteiger partial charge in [-0.2, -0.15) is 0 Å². The lowest BCUT2D eigenvalue weighted by Crippen LogP contribution is -2.48. The third kappa shape index (κ3) is 4.42. The van der Waals surface area contributed by atoms with Crippen molar-refractivity contribution in [1.82, 2.24) is 10.2 Å². The summed E-state index contributed by atoms with van der Waals surface area (Å²) in [6.45, 7) is 4.75. The summed E-state index contributed by atoms with van der Waals surface area (Å²) in [4.78, 5) is 14.1. The molecule has 5 nitrogen and oxygen atoms in total. The Labute approximate surface area is 128 Å². The fraction of sp³-hybridized carbons (Fsp3) is 0.933. The van der Waals surface area contributed by atoms with E-state index < -0.39 is 9.84 Å². The van der Waals surface area contributed by atoms with Crippen molar-refractivity contribution in [2.24, 2.45) is 11.8 Å². The molecule has 0 aromatic carbocycles. The number of likely N-dealkylation sites (N-methyl/N-ethyl adjacent to an activating group) is 1. The van der Waals surface area contributed by atoms with Crippen molar-refractivity contribution in [3.8, 4) is 0 Å². The van der Waals surface area contributed by atoms with Crippen molar-refractivity contribution >= 4 is 15.7 Å². The molecule has 1 aliphatic carbocycles. The van der Waals surface area contributed by atoms with Crippen molar-refractivity contribution in [3.63, 3.8) is 0 Å². The molecule has 4 unspecified atom stereocenters. The smallest absolute Gasteiger partial charge is 0.234 e. The van der Waals surface area contributed by atoms with Crippen LogP contribution in [0.3, 0.4) is 0 Å². The van der Waals surface area contributed by atoms with E-state index in [1.165, 1.54) is 12.8 Å². The van der Waals surface area contributed by atoms with Gasteiger partial charge in [-0.15, -0.1) is 0 Å². The Morgan fingerprint density at radius 1 is 1.24 bits per heavy atom. The van der Waals surface area contributed by atoms with Crippen LogP contribution in [0.1, 0.15) is 39.5 Å². The zero-order chi connectivity index (χ0) is 15.6. The quantitative estimate of drug-likeness (QED) is 0.842. The van der Waals surface area contributed by atoms with Crippen LogP contribution < -0.4 is 5.32 Å². The first-order valence-electron chi connectivity index (χ1n) is 7.98. The molecular formula is C15H28N2O3S. The number of amides is 1. The summed E-state index contributed by atoms with van der Waals surface area (Å²) in [5.74, 6) is 1.63. The van der Waals surface area contributed by atoms with E-state index in [4.69, 9.17) is 0 Å². The monoisotopic (exact) mass is 316 g/mol. The molecular weight excluding hydrogens is 288 g/mol. The van der Waals surface area contributed by atoms with Gasteiger partial charge in [-0.05, 0) is 31.7 Å². The van der Waals surface area contributed by atoms with Crippen LogP contribution in [0.2, 0.25) is 0 Å². The highest BCUT2D eigenvalue weighted by molar-refractivity contribution is 7.91. The fourth-order valence-corrected chi connectivity index (χ4v) is 5.32. The second-order valence-electron chi connectivity index (χ2n) is 6.91. The Morgan fingerprint density at radius 3 is 2.57 bits per heavy atom. The van der Waals surface area contributed by atoms with Crippen LogP contribution >= 0.6 is 0 Å². The van der Waals surface area contributed by atoms with Gasteiger partial charge in [0.1, 0.15) is 0 Å². The van der Waals surface area contributed by atoms with E-state index in [1.54, 1.807) is 0 Å². The topological polar surface area (TPSA) is 66.5 Å². The highest BCUT2D eigenvalue weighted by atomic mass is 32.2. The maximum atomic E-state index is 12.2. The zero-order valence-corrected chi connectivity index (χ0v) is 14.2. The van der Waals surface area contributed by atoms with Crippen molar-refractivity contribution < 1.29 is 13.2 Å². The summed E-state index contributed by atoms with van der Waals surface area (Å²) >= 11 is 0. The maximum Gasteiger partial charge on any atom is 0.234 e. The molecule has 1 heterocycles. The van der Waals surface area contributed by atoms with E-state index in [-0.39, 0.29) is 36.0 Å². The minimum atomic E-state index is -2.89. The summed E-state index contributed by atoms with van der Waals surface area (Å²) in [6, 6.07) is 0.255. The molecule has 2 rings (SSSR count). The number of carbonyl (C=O) groups is 1. The lowest BCUT2D eigenvalue weighted by atomic mass is 9.78. The van der Waals surface area contributed by atoms with Gasteiger partial charge in [0.25, 0.3) is 0 Å². The summed E-state index contributed by atoms with van der Waals surface area (Å²) < 4.78 is 23.0. The minimum Gasteiger partial charge on any atom is -0.352 e. The molecule has 21 heavy (non-hydrogen) atoms. The number of nitrogens with one attached hydrogen (secondary N) is 1. The molecule has 0 aromatic heterocycles. The van der Waals surface area contributed by atoms with Crippen LogP contribution in [0.25, 0.3) is 0 Å². The van der Waals surface area contributed by atoms with Gasteiger partial charge in [0.15, 0.2) is 9.84 Å². The molecule has 122 valence electrons. The van der Waals surface area contributed by atoms with E-state index in [0.29, 0.717) is 18.3 Å². The first-order valence-corrected chi connectivity index (χ1v) is 9.80. The van der Waals surface area contributed by atoms with E-state index in [9.17, 15) is 13.2 Å². The van der Waals surface area contributed by atoms with Crippen molar-refractivity contribution in [3.05, 3.63) is 0 Å². The molecule has 0 aromatic rings. The van der Waals surface area contributed by atoms with Crippen LogP contribution in [-0.4, -0.2) is 56.4 Å². The molecule has 1 N–H and O–H groups in total. The first kappa shape index (κ1) is 16.7. The van der Waals surface area contributed by atoms with Gasteiger partial charge in [0.05, 0.1) is 18.1 Å². The van der Waals surface area contributed by atoms with Crippen LogP contribution in [0.5, 0.6) is 0 Å². The number of nitrogens with zero attached hydrogens (tertiary/aromatic N) is 1. The van der Waals surface area contributed by atoms with Crippen molar-refractivity contribution in [2.45, 2.75) is 51.6 Å². The number of hydrogen-bond acceptors (Lipinski definition) is 4. The molecule has 4 atom stereocenters. The predicted octanol–water partition coefficient (Wildman–Crippen LogP) is 1.05. The van der Waals surface area contributed by atoms with Gasteiger partial charge in [0.2, 0.25) is 5.91 Å². The molecule has 6 heteroatoms. The summed E-state index contributed by atoms with van der Waals surface area (Å²) in [5.41, 5.74) is 0. The van der Waals surface area contributed by atoms with Gasteiger partial charge < -0.3 is 5.32 Å². The Hall–Kier alpha value is -0.620. The standard InChI is InChI=1S/C15H28N2O3S/c1-11-5-4-6-14(12(11)2)16-15(18)9-17(3)13-7-8-21(19,20)10-13/h11-14H,4-10H2,1-3H3,(H,16,18). The molecule has 0 radical (unpaired) electrons. The lowest BCUT2D eigenvalue weighted by Gasteiger charge is -2.35. The zero-order valence-electron chi connectivity index (χ0n) is 13.3. The van der Waals surface area contributed by atoms with Crippen molar-refractivity contribution in [2.75, 3.05) is 25.1 Å². The number of hydrogen-bond donors (Lipinski definition) is 1. The van der Waals surface area contributed by atoms with Gasteiger partial charge >= 0.3 is 0 Å². The second kappa shape index (κ2) is 6.65. The van der Waals surface area contributed by atoms with Crippen LogP contribution in [-0.2, 0) is 14.6 Å². The van der Waals surface area contributed by atoms with E-state index in [0.717, 1.165) is 6.42 Å². The van der Waals surface area contributed by atoms with Gasteiger partial charge in [-0.3, -0.25) is 9.69 Å². The average molecular weight is 316 g/mol. The van der Waals surface area contributed by atoms with E-state index in [2.05, 4.69) is 19.2 Å². The summed E-state index contributed by atoms with van der Waals surface area (Å²) in [6.07, 6.45) is 4.11. The summed E-state index contributed by atoms with van der Waals surface area (Å²) in [7, 11) is -1.05. The molecule has 0 bridgehead atoms. The van der Waals surface area contributed by atoms with Crippen LogP contribution in [0, 0.1) is 11.8 Å². The van der Waals surface area contributed by atoms with Crippen molar-refractivity contribution in [1.29, 1.82) is 0 Å². The Bertz CT molecular complexity index is 477. The molecule has 0 spiro atoms. The normalized spacial score (nSPS) is 35.8.